The molecule has 2 aliphatic heterocycles. The minimum Gasteiger partial charge on any atom is -0.493 e. The Kier molecular flexibility index (Phi) is 5.31. The van der Waals surface area contributed by atoms with Crippen molar-refractivity contribution in [1.29, 1.82) is 0 Å². The van der Waals surface area contributed by atoms with Crippen LogP contribution in [0.25, 0.3) is 0 Å². The lowest BCUT2D eigenvalue weighted by Gasteiger charge is -2.43. The molecule has 2 bridgehead atoms. The van der Waals surface area contributed by atoms with Crippen LogP contribution in [0.2, 0.25) is 0 Å². The average molecular weight is 387 g/mol. The van der Waals surface area contributed by atoms with Gasteiger partial charge < -0.3 is 24.3 Å². The second kappa shape index (κ2) is 7.73. The normalized spacial score (nSPS) is 27.1. The van der Waals surface area contributed by atoms with E-state index in [1.165, 1.54) is 0 Å². The Labute approximate surface area is 165 Å². The molecule has 2 aliphatic rings. The van der Waals surface area contributed by atoms with Crippen LogP contribution in [0.4, 0.5) is 0 Å². The molecule has 2 N–H and O–H groups in total. The van der Waals surface area contributed by atoms with Gasteiger partial charge in [-0.25, -0.2) is 4.98 Å². The van der Waals surface area contributed by atoms with Crippen molar-refractivity contribution in [3.05, 3.63) is 42.0 Å². The van der Waals surface area contributed by atoms with Gasteiger partial charge in [-0.15, -0.1) is 0 Å². The molecule has 0 amide bonds. The summed E-state index contributed by atoms with van der Waals surface area (Å²) in [6.45, 7) is 1.04. The van der Waals surface area contributed by atoms with E-state index in [0.29, 0.717) is 36.4 Å². The Balaban J connectivity index is 1.49. The molecule has 2 aromatic rings. The maximum atomic E-state index is 11.3. The fraction of sp³-hybridized carbons (Fsp3) is 0.571. The Bertz CT molecular complexity index is 808. The molecule has 1 aromatic heterocycles. The van der Waals surface area contributed by atoms with Gasteiger partial charge in [-0.05, 0) is 43.4 Å². The van der Waals surface area contributed by atoms with Crippen LogP contribution in [-0.4, -0.2) is 57.1 Å². The predicted octanol–water partition coefficient (Wildman–Crippen LogP) is 1.81. The molecule has 0 radical (unpaired) electrons. The van der Waals surface area contributed by atoms with Crippen LogP contribution in [-0.2, 0) is 19.2 Å². The third-order valence-electron chi connectivity index (χ3n) is 6.10. The molecule has 3 heterocycles. The molecular weight excluding hydrogens is 358 g/mol. The molecule has 7 nitrogen and oxygen atoms in total. The number of imidazole rings is 1. The number of piperidine rings is 1. The monoisotopic (exact) mass is 387 g/mol. The van der Waals surface area contributed by atoms with Crippen molar-refractivity contribution in [3.63, 3.8) is 0 Å². The van der Waals surface area contributed by atoms with Crippen molar-refractivity contribution in [2.24, 2.45) is 7.05 Å². The van der Waals surface area contributed by atoms with Crippen LogP contribution < -0.4 is 9.47 Å². The number of aliphatic hydroxyl groups excluding tert-OH is 1. The molecule has 2 unspecified atom stereocenters. The number of aryl methyl sites for hydroxylation is 1. The fourth-order valence-electron chi connectivity index (χ4n) is 4.87. The molecule has 4 rings (SSSR count). The summed E-state index contributed by atoms with van der Waals surface area (Å²) in [5.74, 6) is 2.10. The standard InChI is InChI=1S/C21H29N3O4/c1-23-8-7-22-20(23)21(26)12-16-4-5-17(13-21)24(16)14-15-3-6-18(28-10-9-25)19(11-15)27-2/h3,6-8,11,16-17,25-26H,4-5,9-10,12-14H2,1-2H3. The number of hydrogen-bond acceptors (Lipinski definition) is 6. The summed E-state index contributed by atoms with van der Waals surface area (Å²) in [6, 6.07) is 6.65. The Morgan fingerprint density at radius 2 is 1.96 bits per heavy atom. The highest BCUT2D eigenvalue weighted by molar-refractivity contribution is 5.43. The fourth-order valence-corrected chi connectivity index (χ4v) is 4.87. The highest BCUT2D eigenvalue weighted by Crippen LogP contribution is 2.46. The first kappa shape index (κ1) is 19.2. The van der Waals surface area contributed by atoms with Gasteiger partial charge in [-0.2, -0.15) is 0 Å². The van der Waals surface area contributed by atoms with Crippen molar-refractivity contribution < 1.29 is 19.7 Å². The van der Waals surface area contributed by atoms with Gasteiger partial charge in [0.25, 0.3) is 0 Å². The van der Waals surface area contributed by atoms with Gasteiger partial charge in [0, 0.05) is 38.1 Å². The lowest BCUT2D eigenvalue weighted by atomic mass is 9.85. The van der Waals surface area contributed by atoms with Crippen LogP contribution in [0, 0.1) is 0 Å². The molecule has 7 heteroatoms. The third kappa shape index (κ3) is 3.50. The van der Waals surface area contributed by atoms with Gasteiger partial charge in [0.2, 0.25) is 0 Å². The molecule has 0 saturated carbocycles. The molecule has 2 fully saturated rings. The lowest BCUT2D eigenvalue weighted by molar-refractivity contribution is -0.0669. The lowest BCUT2D eigenvalue weighted by Crippen LogP contribution is -2.50. The van der Waals surface area contributed by atoms with Crippen molar-refractivity contribution in [1.82, 2.24) is 14.5 Å². The van der Waals surface area contributed by atoms with Gasteiger partial charge >= 0.3 is 0 Å². The SMILES string of the molecule is COc1cc(CN2C3CCC2CC(O)(c2nccn2C)C3)ccc1OCCO. The number of methoxy groups -OCH3 is 1. The number of ether oxygens (including phenoxy) is 2. The van der Waals surface area contributed by atoms with E-state index in [4.69, 9.17) is 14.6 Å². The van der Waals surface area contributed by atoms with E-state index < -0.39 is 5.60 Å². The van der Waals surface area contributed by atoms with Crippen LogP contribution in [0.1, 0.15) is 37.1 Å². The smallest absolute Gasteiger partial charge is 0.161 e. The maximum Gasteiger partial charge on any atom is 0.161 e. The van der Waals surface area contributed by atoms with Crippen molar-refractivity contribution >= 4 is 0 Å². The van der Waals surface area contributed by atoms with E-state index in [0.717, 1.165) is 30.8 Å². The quantitative estimate of drug-likeness (QED) is 0.754. The molecule has 2 atom stereocenters. The number of benzene rings is 1. The van der Waals surface area contributed by atoms with E-state index in [9.17, 15) is 5.11 Å². The zero-order chi connectivity index (χ0) is 19.7. The van der Waals surface area contributed by atoms with E-state index in [1.54, 1.807) is 13.3 Å². The number of fused-ring (bicyclic) bond motifs is 2. The molecular formula is C21H29N3O4. The average Bonchev–Trinajstić information content (AvgIpc) is 3.22. The van der Waals surface area contributed by atoms with Gasteiger partial charge in [0.1, 0.15) is 18.0 Å². The number of rotatable bonds is 7. The largest absolute Gasteiger partial charge is 0.493 e. The maximum absolute atomic E-state index is 11.3. The molecule has 2 saturated heterocycles. The minimum atomic E-state index is -0.847. The third-order valence-corrected chi connectivity index (χ3v) is 6.10. The summed E-state index contributed by atoms with van der Waals surface area (Å²) in [7, 11) is 3.57. The van der Waals surface area contributed by atoms with E-state index in [-0.39, 0.29) is 13.2 Å². The first-order valence-electron chi connectivity index (χ1n) is 9.90. The van der Waals surface area contributed by atoms with Crippen LogP contribution in [0.5, 0.6) is 11.5 Å². The molecule has 0 spiro atoms. The second-order valence-electron chi connectivity index (χ2n) is 7.92. The van der Waals surface area contributed by atoms with Crippen molar-refractivity contribution in [3.8, 4) is 11.5 Å². The van der Waals surface area contributed by atoms with Gasteiger partial charge in [0.15, 0.2) is 11.5 Å². The topological polar surface area (TPSA) is 80.0 Å². The molecule has 0 aliphatic carbocycles. The summed E-state index contributed by atoms with van der Waals surface area (Å²) in [5.41, 5.74) is 0.313. The van der Waals surface area contributed by atoms with E-state index >= 15 is 0 Å². The highest BCUT2D eigenvalue weighted by Gasteiger charge is 2.49. The van der Waals surface area contributed by atoms with E-state index in [2.05, 4.69) is 9.88 Å². The number of aliphatic hydroxyl groups is 2. The summed E-state index contributed by atoms with van der Waals surface area (Å²) >= 11 is 0. The second-order valence-corrected chi connectivity index (χ2v) is 7.92. The Morgan fingerprint density at radius 1 is 1.21 bits per heavy atom. The van der Waals surface area contributed by atoms with Crippen LogP contribution in [0.3, 0.4) is 0 Å². The molecule has 28 heavy (non-hydrogen) atoms. The molecule has 1 aromatic carbocycles. The first-order valence-corrected chi connectivity index (χ1v) is 9.90. The predicted molar refractivity (Wildman–Crippen MR) is 104 cm³/mol. The number of hydrogen-bond donors (Lipinski definition) is 2. The highest BCUT2D eigenvalue weighted by atomic mass is 16.5. The minimum absolute atomic E-state index is 0.0268. The van der Waals surface area contributed by atoms with Crippen molar-refractivity contribution in [2.75, 3.05) is 20.3 Å². The van der Waals surface area contributed by atoms with E-state index in [1.807, 2.05) is 36.0 Å². The van der Waals surface area contributed by atoms with Crippen molar-refractivity contribution in [2.45, 2.75) is 49.9 Å². The molecule has 152 valence electrons. The van der Waals surface area contributed by atoms with Crippen LogP contribution >= 0.6 is 0 Å². The zero-order valence-corrected chi connectivity index (χ0v) is 16.5. The zero-order valence-electron chi connectivity index (χ0n) is 16.5. The Hall–Kier alpha value is -2.09. The first-order chi connectivity index (χ1) is 13.5. The van der Waals surface area contributed by atoms with Gasteiger partial charge in [0.05, 0.1) is 13.7 Å². The summed E-state index contributed by atoms with van der Waals surface area (Å²) in [6.07, 6.45) is 7.29. The van der Waals surface area contributed by atoms with Gasteiger partial charge in [-0.1, -0.05) is 6.07 Å². The van der Waals surface area contributed by atoms with Crippen LogP contribution in [0.15, 0.2) is 30.6 Å². The summed E-state index contributed by atoms with van der Waals surface area (Å²) in [5, 5.41) is 20.3. The number of aromatic nitrogens is 2. The summed E-state index contributed by atoms with van der Waals surface area (Å²) < 4.78 is 12.9. The number of nitrogens with zero attached hydrogens (tertiary/aromatic N) is 3. The van der Waals surface area contributed by atoms with Gasteiger partial charge in [-0.3, -0.25) is 4.90 Å². The summed E-state index contributed by atoms with van der Waals surface area (Å²) in [4.78, 5) is 6.93. The Morgan fingerprint density at radius 3 is 2.57 bits per heavy atom.